The summed E-state index contributed by atoms with van der Waals surface area (Å²) in [6, 6.07) is 12.7. The normalized spacial score (nSPS) is 18.3. The van der Waals surface area contributed by atoms with Crippen molar-refractivity contribution in [2.45, 2.75) is 50.0 Å². The van der Waals surface area contributed by atoms with Gasteiger partial charge in [-0.05, 0) is 61.8 Å². The minimum atomic E-state index is -3.80. The zero-order chi connectivity index (χ0) is 23.0. The molecule has 9 heteroatoms. The topological polar surface area (TPSA) is 105 Å². The second kappa shape index (κ2) is 8.72. The molecule has 2 aliphatic rings. The number of carbonyl (C=O) groups excluding carboxylic acids is 1. The molecule has 1 aliphatic heterocycles. The van der Waals surface area contributed by atoms with Gasteiger partial charge in [0.2, 0.25) is 15.8 Å². The molecule has 1 aliphatic carbocycles. The van der Waals surface area contributed by atoms with Crippen molar-refractivity contribution in [2.75, 3.05) is 13.1 Å². The molecular weight excluding hydrogens is 440 g/mol. The minimum Gasteiger partial charge on any atom is -0.334 e. The van der Waals surface area contributed by atoms with Gasteiger partial charge in [-0.15, -0.1) is 0 Å². The number of amides is 1. The lowest BCUT2D eigenvalue weighted by atomic mass is 9.88. The first-order valence-electron chi connectivity index (χ1n) is 11.3. The SMILES string of the molecule is Cc1ccc(-c2noc(C(=O)N3CCCC3)n2)cc1S(=O)(=O)N[C@@H]1CCCc2ccccc21. The first kappa shape index (κ1) is 21.8. The molecule has 0 spiro atoms. The van der Waals surface area contributed by atoms with Gasteiger partial charge in [0.25, 0.3) is 0 Å². The van der Waals surface area contributed by atoms with Crippen LogP contribution in [0.15, 0.2) is 51.9 Å². The van der Waals surface area contributed by atoms with Gasteiger partial charge in [0.1, 0.15) is 0 Å². The van der Waals surface area contributed by atoms with Gasteiger partial charge in [0.15, 0.2) is 0 Å². The standard InChI is InChI=1S/C24H26N4O4S/c1-16-11-12-18(22-25-23(32-26-22)24(29)28-13-4-5-14-28)15-21(16)33(30,31)27-20-10-6-8-17-7-2-3-9-19(17)20/h2-3,7,9,11-12,15,20,27H,4-6,8,10,13-14H2,1H3/t20-/m1/s1. The van der Waals surface area contributed by atoms with Crippen LogP contribution in [-0.4, -0.2) is 42.5 Å². The quantitative estimate of drug-likeness (QED) is 0.616. The fourth-order valence-electron chi connectivity index (χ4n) is 4.64. The maximum Gasteiger partial charge on any atom is 0.316 e. The third-order valence-corrected chi connectivity index (χ3v) is 8.02. The lowest BCUT2D eigenvalue weighted by molar-refractivity contribution is 0.0743. The van der Waals surface area contributed by atoms with Crippen molar-refractivity contribution < 1.29 is 17.7 Å². The summed E-state index contributed by atoms with van der Waals surface area (Å²) in [6.45, 7) is 3.12. The van der Waals surface area contributed by atoms with Gasteiger partial charge in [-0.3, -0.25) is 4.79 Å². The predicted molar refractivity (Wildman–Crippen MR) is 122 cm³/mol. The van der Waals surface area contributed by atoms with Crippen molar-refractivity contribution in [1.82, 2.24) is 19.8 Å². The van der Waals surface area contributed by atoms with Crippen molar-refractivity contribution in [2.24, 2.45) is 0 Å². The van der Waals surface area contributed by atoms with Crippen LogP contribution in [0.5, 0.6) is 0 Å². The second-order valence-corrected chi connectivity index (χ2v) is 10.4. The third-order valence-electron chi connectivity index (χ3n) is 6.40. The Morgan fingerprint density at radius 1 is 1.12 bits per heavy atom. The van der Waals surface area contributed by atoms with Crippen molar-refractivity contribution in [3.05, 3.63) is 65.0 Å². The van der Waals surface area contributed by atoms with Crippen molar-refractivity contribution in [1.29, 1.82) is 0 Å². The van der Waals surface area contributed by atoms with E-state index in [-0.39, 0.29) is 28.6 Å². The number of likely N-dealkylation sites (tertiary alicyclic amines) is 1. The van der Waals surface area contributed by atoms with Crippen LogP contribution in [-0.2, 0) is 16.4 Å². The lowest BCUT2D eigenvalue weighted by Crippen LogP contribution is -2.31. The Morgan fingerprint density at radius 2 is 1.91 bits per heavy atom. The molecule has 1 amide bonds. The highest BCUT2D eigenvalue weighted by Crippen LogP contribution is 2.32. The number of benzene rings is 2. The third kappa shape index (κ3) is 4.30. The fraction of sp³-hybridized carbons (Fsp3) is 0.375. The molecule has 0 unspecified atom stereocenters. The monoisotopic (exact) mass is 466 g/mol. The van der Waals surface area contributed by atoms with E-state index < -0.39 is 10.0 Å². The molecule has 8 nitrogen and oxygen atoms in total. The second-order valence-electron chi connectivity index (χ2n) is 8.67. The fourth-order valence-corrected chi connectivity index (χ4v) is 6.16. The van der Waals surface area contributed by atoms with Crippen LogP contribution in [0.4, 0.5) is 0 Å². The highest BCUT2D eigenvalue weighted by atomic mass is 32.2. The van der Waals surface area contributed by atoms with E-state index in [0.717, 1.165) is 37.7 Å². The first-order valence-corrected chi connectivity index (χ1v) is 12.7. The van der Waals surface area contributed by atoms with Gasteiger partial charge in [-0.25, -0.2) is 13.1 Å². The summed E-state index contributed by atoms with van der Waals surface area (Å²) < 4.78 is 34.8. The molecule has 172 valence electrons. The zero-order valence-electron chi connectivity index (χ0n) is 18.5. The molecule has 3 aromatic rings. The average Bonchev–Trinajstić information content (AvgIpc) is 3.52. The number of sulfonamides is 1. The number of hydrogen-bond acceptors (Lipinski definition) is 6. The number of nitrogens with zero attached hydrogens (tertiary/aromatic N) is 3. The van der Waals surface area contributed by atoms with E-state index in [1.165, 1.54) is 5.56 Å². The average molecular weight is 467 g/mol. The number of aromatic nitrogens is 2. The van der Waals surface area contributed by atoms with Crippen molar-refractivity contribution in [3.63, 3.8) is 0 Å². The predicted octanol–water partition coefficient (Wildman–Crippen LogP) is 3.64. The maximum absolute atomic E-state index is 13.4. The number of nitrogens with one attached hydrogen (secondary N) is 1. The number of fused-ring (bicyclic) bond motifs is 1. The Bertz CT molecular complexity index is 1300. The molecule has 0 saturated carbocycles. The Balaban J connectivity index is 1.42. The van der Waals surface area contributed by atoms with E-state index in [0.29, 0.717) is 24.2 Å². The molecule has 0 radical (unpaired) electrons. The largest absolute Gasteiger partial charge is 0.334 e. The number of hydrogen-bond donors (Lipinski definition) is 1. The van der Waals surface area contributed by atoms with E-state index in [2.05, 4.69) is 20.9 Å². The van der Waals surface area contributed by atoms with E-state index in [4.69, 9.17) is 4.52 Å². The summed E-state index contributed by atoms with van der Waals surface area (Å²) in [5, 5.41) is 3.93. The summed E-state index contributed by atoms with van der Waals surface area (Å²) in [6.07, 6.45) is 4.57. The molecule has 5 rings (SSSR count). The number of aryl methyl sites for hydroxylation is 2. The molecule has 1 atom stereocenters. The van der Waals surface area contributed by atoms with Crippen LogP contribution in [0, 0.1) is 6.92 Å². The van der Waals surface area contributed by atoms with Gasteiger partial charge in [0, 0.05) is 24.7 Å². The molecule has 1 aromatic heterocycles. The summed E-state index contributed by atoms with van der Waals surface area (Å²) in [7, 11) is -3.80. The Labute approximate surface area is 193 Å². The molecule has 1 N–H and O–H groups in total. The van der Waals surface area contributed by atoms with Gasteiger partial charge in [0.05, 0.1) is 4.90 Å². The molecule has 0 bridgehead atoms. The zero-order valence-corrected chi connectivity index (χ0v) is 19.3. The van der Waals surface area contributed by atoms with E-state index in [1.54, 1.807) is 30.0 Å². The van der Waals surface area contributed by atoms with E-state index in [1.807, 2.05) is 18.2 Å². The Hall–Kier alpha value is -3.04. The summed E-state index contributed by atoms with van der Waals surface area (Å²) in [5.41, 5.74) is 3.31. The molecule has 1 saturated heterocycles. The van der Waals surface area contributed by atoms with Crippen LogP contribution >= 0.6 is 0 Å². The molecule has 1 fully saturated rings. The lowest BCUT2D eigenvalue weighted by Gasteiger charge is -2.26. The van der Waals surface area contributed by atoms with Crippen LogP contribution in [0.1, 0.15) is 59.1 Å². The van der Waals surface area contributed by atoms with Crippen LogP contribution in [0.3, 0.4) is 0 Å². The van der Waals surface area contributed by atoms with E-state index in [9.17, 15) is 13.2 Å². The Kier molecular flexibility index (Phi) is 5.76. The summed E-state index contributed by atoms with van der Waals surface area (Å²) >= 11 is 0. The van der Waals surface area contributed by atoms with Crippen LogP contribution < -0.4 is 4.72 Å². The summed E-state index contributed by atoms with van der Waals surface area (Å²) in [5.74, 6) is -0.172. The molecular formula is C24H26N4O4S. The summed E-state index contributed by atoms with van der Waals surface area (Å²) in [4.78, 5) is 18.6. The highest BCUT2D eigenvalue weighted by Gasteiger charge is 2.28. The molecule has 2 aromatic carbocycles. The first-order chi connectivity index (χ1) is 15.9. The Morgan fingerprint density at radius 3 is 2.73 bits per heavy atom. The van der Waals surface area contributed by atoms with Crippen molar-refractivity contribution in [3.8, 4) is 11.4 Å². The highest BCUT2D eigenvalue weighted by molar-refractivity contribution is 7.89. The van der Waals surface area contributed by atoms with Crippen molar-refractivity contribution >= 4 is 15.9 Å². The number of rotatable bonds is 5. The van der Waals surface area contributed by atoms with Gasteiger partial charge in [-0.1, -0.05) is 41.6 Å². The number of carbonyl (C=O) groups is 1. The van der Waals surface area contributed by atoms with Gasteiger partial charge >= 0.3 is 11.8 Å². The molecule has 2 heterocycles. The van der Waals surface area contributed by atoms with Gasteiger partial charge in [-0.2, -0.15) is 4.98 Å². The smallest absolute Gasteiger partial charge is 0.316 e. The van der Waals surface area contributed by atoms with Crippen LogP contribution in [0.25, 0.3) is 11.4 Å². The maximum atomic E-state index is 13.4. The van der Waals surface area contributed by atoms with Gasteiger partial charge < -0.3 is 9.42 Å². The minimum absolute atomic E-state index is 0.0752. The molecule has 33 heavy (non-hydrogen) atoms. The van der Waals surface area contributed by atoms with E-state index >= 15 is 0 Å². The van der Waals surface area contributed by atoms with Crippen LogP contribution in [0.2, 0.25) is 0 Å².